The Morgan fingerprint density at radius 1 is 1.07 bits per heavy atom. The van der Waals surface area contributed by atoms with E-state index in [1.54, 1.807) is 12.5 Å². The van der Waals surface area contributed by atoms with Crippen molar-refractivity contribution in [2.24, 2.45) is 0 Å². The lowest BCUT2D eigenvalue weighted by Crippen LogP contribution is -2.48. The third-order valence-corrected chi connectivity index (χ3v) is 5.40. The maximum atomic E-state index is 13.2. The number of aryl methyl sites for hydroxylation is 1. The van der Waals surface area contributed by atoms with Gasteiger partial charge in [0, 0.05) is 44.1 Å². The molecule has 1 aliphatic rings. The lowest BCUT2D eigenvalue weighted by atomic mass is 9.99. The summed E-state index contributed by atoms with van der Waals surface area (Å²) in [7, 11) is 0. The van der Waals surface area contributed by atoms with E-state index in [1.165, 1.54) is 11.1 Å². The highest BCUT2D eigenvalue weighted by atomic mass is 35.5. The average molecular weight is 447 g/mol. The molecule has 7 heteroatoms. The molecule has 1 fully saturated rings. The van der Waals surface area contributed by atoms with Crippen LogP contribution in [0.15, 0.2) is 67.3 Å². The monoisotopic (exact) mass is 446 g/mol. The number of halogens is 2. The van der Waals surface area contributed by atoms with E-state index >= 15 is 0 Å². The molecule has 0 radical (unpaired) electrons. The Hall–Kier alpha value is -2.34. The van der Waals surface area contributed by atoms with Crippen molar-refractivity contribution in [3.63, 3.8) is 0 Å². The van der Waals surface area contributed by atoms with Crippen molar-refractivity contribution in [1.29, 1.82) is 0 Å². The zero-order valence-corrected chi connectivity index (χ0v) is 18.7. The van der Waals surface area contributed by atoms with Crippen molar-refractivity contribution in [1.82, 2.24) is 19.8 Å². The van der Waals surface area contributed by atoms with Crippen LogP contribution < -0.4 is 5.32 Å². The Morgan fingerprint density at radius 3 is 2.40 bits per heavy atom. The molecule has 0 bridgehead atoms. The molecule has 30 heavy (non-hydrogen) atoms. The first kappa shape index (κ1) is 23.9. The summed E-state index contributed by atoms with van der Waals surface area (Å²) in [6.45, 7) is 5.25. The molecule has 1 aromatic heterocycles. The molecule has 3 aromatic rings. The van der Waals surface area contributed by atoms with E-state index in [0.29, 0.717) is 0 Å². The number of imidazole rings is 1. The van der Waals surface area contributed by atoms with Gasteiger partial charge in [0.15, 0.2) is 0 Å². The second-order valence-corrected chi connectivity index (χ2v) is 7.25. The molecule has 0 aliphatic carbocycles. The molecular formula is C23H28Cl2N4O. The van der Waals surface area contributed by atoms with Crippen LogP contribution in [0, 0.1) is 0 Å². The van der Waals surface area contributed by atoms with Crippen LogP contribution in [0.3, 0.4) is 0 Å². The second kappa shape index (κ2) is 11.2. The third kappa shape index (κ3) is 5.42. The van der Waals surface area contributed by atoms with E-state index in [2.05, 4.69) is 41.5 Å². The predicted octanol–water partition coefficient (Wildman–Crippen LogP) is 4.12. The van der Waals surface area contributed by atoms with Gasteiger partial charge in [-0.3, -0.25) is 4.79 Å². The van der Waals surface area contributed by atoms with Crippen LogP contribution in [-0.2, 0) is 13.0 Å². The number of piperazine rings is 1. The smallest absolute Gasteiger partial charge is 0.254 e. The molecular weight excluding hydrogens is 419 g/mol. The highest BCUT2D eigenvalue weighted by molar-refractivity contribution is 5.94. The van der Waals surface area contributed by atoms with Crippen LogP contribution >= 0.6 is 24.8 Å². The average Bonchev–Trinajstić information content (AvgIpc) is 3.27. The van der Waals surface area contributed by atoms with Crippen LogP contribution in [0.25, 0.3) is 0 Å². The van der Waals surface area contributed by atoms with Crippen molar-refractivity contribution in [2.75, 3.05) is 19.6 Å². The number of carbonyl (C=O) groups excluding carboxylic acids is 1. The summed E-state index contributed by atoms with van der Waals surface area (Å²) in [5.41, 5.74) is 4.40. The molecule has 1 atom stereocenters. The molecule has 0 saturated carbocycles. The predicted molar refractivity (Wildman–Crippen MR) is 125 cm³/mol. The standard InChI is InChI=1S/C23H26N4O.2ClH/c1-2-18-3-7-20(8-4-18)22-15-24-12-14-27(22)23(28)21-9-5-19(6-10-21)16-26-13-11-25-17-26;;/h3-11,13,17,22,24H,2,12,14-16H2,1H3;2*1H. The SMILES string of the molecule is CCc1ccc(C2CNCCN2C(=O)c2ccc(Cn3ccnc3)cc2)cc1.Cl.Cl. The second-order valence-electron chi connectivity index (χ2n) is 7.25. The van der Waals surface area contributed by atoms with Crippen LogP contribution in [0.2, 0.25) is 0 Å². The number of carbonyl (C=O) groups is 1. The number of hydrogen-bond donors (Lipinski definition) is 1. The van der Waals surface area contributed by atoms with Gasteiger partial charge >= 0.3 is 0 Å². The summed E-state index contributed by atoms with van der Waals surface area (Å²) in [5, 5.41) is 3.43. The molecule has 1 amide bonds. The van der Waals surface area contributed by atoms with Gasteiger partial charge in [-0.2, -0.15) is 0 Å². The molecule has 1 aliphatic heterocycles. The minimum Gasteiger partial charge on any atom is -0.333 e. The summed E-state index contributed by atoms with van der Waals surface area (Å²) in [5.74, 6) is 0.0975. The van der Waals surface area contributed by atoms with Crippen molar-refractivity contribution < 1.29 is 4.79 Å². The molecule has 5 nitrogen and oxygen atoms in total. The number of aromatic nitrogens is 2. The summed E-state index contributed by atoms with van der Waals surface area (Å²) >= 11 is 0. The normalized spacial score (nSPS) is 15.8. The summed E-state index contributed by atoms with van der Waals surface area (Å²) < 4.78 is 2.02. The number of hydrogen-bond acceptors (Lipinski definition) is 3. The van der Waals surface area contributed by atoms with Crippen LogP contribution in [0.1, 0.15) is 40.0 Å². The van der Waals surface area contributed by atoms with Crippen molar-refractivity contribution >= 4 is 30.7 Å². The van der Waals surface area contributed by atoms with Gasteiger partial charge in [0.05, 0.1) is 12.4 Å². The van der Waals surface area contributed by atoms with Gasteiger partial charge in [-0.25, -0.2) is 4.98 Å². The summed E-state index contributed by atoms with van der Waals surface area (Å²) in [6.07, 6.45) is 6.54. The fourth-order valence-corrected chi connectivity index (χ4v) is 3.73. The van der Waals surface area contributed by atoms with Gasteiger partial charge in [0.1, 0.15) is 0 Å². The van der Waals surface area contributed by atoms with Gasteiger partial charge in [-0.15, -0.1) is 24.8 Å². The van der Waals surface area contributed by atoms with Crippen molar-refractivity contribution in [2.45, 2.75) is 25.9 Å². The first-order chi connectivity index (χ1) is 13.7. The van der Waals surface area contributed by atoms with E-state index < -0.39 is 0 Å². The molecule has 160 valence electrons. The number of benzene rings is 2. The van der Waals surface area contributed by atoms with Gasteiger partial charge < -0.3 is 14.8 Å². The number of amides is 1. The topological polar surface area (TPSA) is 50.2 Å². The van der Waals surface area contributed by atoms with Crippen molar-refractivity contribution in [3.8, 4) is 0 Å². The molecule has 1 unspecified atom stereocenters. The maximum Gasteiger partial charge on any atom is 0.254 e. The van der Waals surface area contributed by atoms with Crippen LogP contribution in [-0.4, -0.2) is 40.0 Å². The van der Waals surface area contributed by atoms with E-state index in [9.17, 15) is 4.79 Å². The molecule has 2 heterocycles. The lowest BCUT2D eigenvalue weighted by molar-refractivity contribution is 0.0634. The minimum atomic E-state index is 0. The Bertz CT molecular complexity index is 911. The molecule has 4 rings (SSSR count). The van der Waals surface area contributed by atoms with Crippen LogP contribution in [0.5, 0.6) is 0 Å². The number of nitrogens with zero attached hydrogens (tertiary/aromatic N) is 3. The van der Waals surface area contributed by atoms with E-state index in [4.69, 9.17) is 0 Å². The molecule has 2 aromatic carbocycles. The summed E-state index contributed by atoms with van der Waals surface area (Å²) in [4.78, 5) is 19.3. The van der Waals surface area contributed by atoms with Gasteiger partial charge in [0.25, 0.3) is 5.91 Å². The van der Waals surface area contributed by atoms with E-state index in [0.717, 1.165) is 43.7 Å². The van der Waals surface area contributed by atoms with Gasteiger partial charge in [0.2, 0.25) is 0 Å². The lowest BCUT2D eigenvalue weighted by Gasteiger charge is -2.36. The first-order valence-corrected chi connectivity index (χ1v) is 9.90. The largest absolute Gasteiger partial charge is 0.333 e. The van der Waals surface area contributed by atoms with E-state index in [-0.39, 0.29) is 36.8 Å². The number of rotatable bonds is 5. The summed E-state index contributed by atoms with van der Waals surface area (Å²) in [6, 6.07) is 16.6. The molecule has 1 N–H and O–H groups in total. The first-order valence-electron chi connectivity index (χ1n) is 9.90. The fraction of sp³-hybridized carbons (Fsp3) is 0.304. The maximum absolute atomic E-state index is 13.2. The Labute approximate surface area is 190 Å². The third-order valence-electron chi connectivity index (χ3n) is 5.40. The van der Waals surface area contributed by atoms with Crippen LogP contribution in [0.4, 0.5) is 0 Å². The molecule has 0 spiro atoms. The zero-order chi connectivity index (χ0) is 19.3. The van der Waals surface area contributed by atoms with E-state index in [1.807, 2.05) is 39.9 Å². The highest BCUT2D eigenvalue weighted by Crippen LogP contribution is 2.25. The Kier molecular flexibility index (Phi) is 8.90. The van der Waals surface area contributed by atoms with Gasteiger partial charge in [-0.1, -0.05) is 43.3 Å². The quantitative estimate of drug-likeness (QED) is 0.640. The Balaban J connectivity index is 0.00000160. The minimum absolute atomic E-state index is 0. The highest BCUT2D eigenvalue weighted by Gasteiger charge is 2.28. The zero-order valence-electron chi connectivity index (χ0n) is 17.0. The molecule has 1 saturated heterocycles. The van der Waals surface area contributed by atoms with Crippen molar-refractivity contribution in [3.05, 3.63) is 89.5 Å². The fourth-order valence-electron chi connectivity index (χ4n) is 3.73. The van der Waals surface area contributed by atoms with Gasteiger partial charge in [-0.05, 0) is 35.2 Å². The number of nitrogens with one attached hydrogen (secondary N) is 1. The Morgan fingerprint density at radius 2 is 1.77 bits per heavy atom.